The molecule has 0 amide bonds. The van der Waals surface area contributed by atoms with Crippen molar-refractivity contribution >= 4 is 5.96 Å². The van der Waals surface area contributed by atoms with Gasteiger partial charge in [-0.3, -0.25) is 4.99 Å². The second-order valence-electron chi connectivity index (χ2n) is 6.22. The Hall–Kier alpha value is -3.28. The van der Waals surface area contributed by atoms with Gasteiger partial charge in [-0.05, 0) is 30.7 Å². The van der Waals surface area contributed by atoms with Gasteiger partial charge in [-0.2, -0.15) is 5.10 Å². The highest BCUT2D eigenvalue weighted by Gasteiger charge is 2.06. The zero-order valence-corrected chi connectivity index (χ0v) is 15.9. The van der Waals surface area contributed by atoms with Gasteiger partial charge in [-0.25, -0.2) is 4.68 Å². The molecule has 3 aromatic rings. The van der Waals surface area contributed by atoms with Crippen LogP contribution in [-0.4, -0.2) is 29.9 Å². The van der Waals surface area contributed by atoms with E-state index in [0.717, 1.165) is 28.5 Å². The summed E-state index contributed by atoms with van der Waals surface area (Å²) in [6.45, 7) is 3.32. The largest absolute Gasteiger partial charge is 0.496 e. The molecule has 0 radical (unpaired) electrons. The van der Waals surface area contributed by atoms with Crippen molar-refractivity contribution in [2.75, 3.05) is 14.2 Å². The van der Waals surface area contributed by atoms with Crippen LogP contribution >= 0.6 is 0 Å². The number of guanidine groups is 1. The Morgan fingerprint density at radius 1 is 1.11 bits per heavy atom. The van der Waals surface area contributed by atoms with Crippen LogP contribution in [0.25, 0.3) is 5.69 Å². The topological polar surface area (TPSA) is 63.5 Å². The van der Waals surface area contributed by atoms with E-state index in [0.29, 0.717) is 13.1 Å². The lowest BCUT2D eigenvalue weighted by Crippen LogP contribution is -2.36. The van der Waals surface area contributed by atoms with E-state index in [1.807, 2.05) is 53.5 Å². The maximum Gasteiger partial charge on any atom is 0.191 e. The van der Waals surface area contributed by atoms with Gasteiger partial charge in [-0.1, -0.05) is 30.3 Å². The van der Waals surface area contributed by atoms with Crippen LogP contribution in [0, 0.1) is 6.92 Å². The minimum absolute atomic E-state index is 0.631. The van der Waals surface area contributed by atoms with Crippen LogP contribution in [0.4, 0.5) is 0 Å². The van der Waals surface area contributed by atoms with Crippen LogP contribution in [-0.2, 0) is 13.1 Å². The molecule has 1 aromatic heterocycles. The number of aryl methyl sites for hydroxylation is 1. The third-order valence-corrected chi connectivity index (χ3v) is 4.23. The molecule has 6 heteroatoms. The van der Waals surface area contributed by atoms with E-state index in [2.05, 4.69) is 39.8 Å². The Morgan fingerprint density at radius 2 is 1.89 bits per heavy atom. The Bertz CT molecular complexity index is 902. The minimum atomic E-state index is 0.631. The summed E-state index contributed by atoms with van der Waals surface area (Å²) in [5.74, 6) is 1.60. The van der Waals surface area contributed by atoms with Crippen molar-refractivity contribution < 1.29 is 4.74 Å². The molecule has 0 bridgehead atoms. The number of para-hydroxylation sites is 1. The lowest BCUT2D eigenvalue weighted by atomic mass is 10.1. The minimum Gasteiger partial charge on any atom is -0.496 e. The predicted molar refractivity (Wildman–Crippen MR) is 108 cm³/mol. The molecule has 0 aliphatic rings. The van der Waals surface area contributed by atoms with E-state index in [4.69, 9.17) is 4.74 Å². The zero-order chi connectivity index (χ0) is 19.1. The van der Waals surface area contributed by atoms with E-state index in [9.17, 15) is 0 Å². The van der Waals surface area contributed by atoms with Gasteiger partial charge in [0.25, 0.3) is 0 Å². The molecule has 6 nitrogen and oxygen atoms in total. The number of rotatable bonds is 6. The molecule has 140 valence electrons. The standard InChI is InChI=1S/C21H25N5O/c1-16-9-10-18(20(11-16)27-3)14-24-21(22-2)23-12-17-13-25-26(15-17)19-7-5-4-6-8-19/h4-11,13,15H,12,14H2,1-3H3,(H2,22,23,24). The first-order valence-electron chi connectivity index (χ1n) is 8.86. The number of hydrogen-bond donors (Lipinski definition) is 2. The number of aromatic nitrogens is 2. The Kier molecular flexibility index (Phi) is 6.10. The third kappa shape index (κ3) is 4.88. The quantitative estimate of drug-likeness (QED) is 0.522. The number of benzene rings is 2. The van der Waals surface area contributed by atoms with Gasteiger partial charge in [0.1, 0.15) is 5.75 Å². The Morgan fingerprint density at radius 3 is 2.63 bits per heavy atom. The highest BCUT2D eigenvalue weighted by atomic mass is 16.5. The number of methoxy groups -OCH3 is 1. The Balaban J connectivity index is 1.56. The highest BCUT2D eigenvalue weighted by Crippen LogP contribution is 2.19. The van der Waals surface area contributed by atoms with Crippen LogP contribution in [0.15, 0.2) is 65.9 Å². The molecule has 0 saturated carbocycles. The van der Waals surface area contributed by atoms with Gasteiger partial charge in [0, 0.05) is 37.5 Å². The van der Waals surface area contributed by atoms with Gasteiger partial charge in [0.2, 0.25) is 0 Å². The summed E-state index contributed by atoms with van der Waals surface area (Å²) in [7, 11) is 3.45. The first kappa shape index (κ1) is 18.5. The molecular weight excluding hydrogens is 338 g/mol. The molecule has 0 aliphatic carbocycles. The second-order valence-corrected chi connectivity index (χ2v) is 6.22. The number of ether oxygens (including phenoxy) is 1. The van der Waals surface area contributed by atoms with Crippen molar-refractivity contribution in [2.45, 2.75) is 20.0 Å². The van der Waals surface area contributed by atoms with Gasteiger partial charge >= 0.3 is 0 Å². The first-order chi connectivity index (χ1) is 13.2. The number of aliphatic imine (C=N–C) groups is 1. The van der Waals surface area contributed by atoms with Crippen molar-refractivity contribution in [3.05, 3.63) is 77.6 Å². The molecule has 27 heavy (non-hydrogen) atoms. The summed E-state index contributed by atoms with van der Waals surface area (Å²) in [6, 6.07) is 16.2. The molecule has 3 rings (SSSR count). The monoisotopic (exact) mass is 363 g/mol. The molecular formula is C21H25N5O. The lowest BCUT2D eigenvalue weighted by Gasteiger charge is -2.13. The van der Waals surface area contributed by atoms with E-state index < -0.39 is 0 Å². The average Bonchev–Trinajstić information content (AvgIpc) is 3.18. The molecule has 0 atom stereocenters. The van der Waals surface area contributed by atoms with E-state index in [-0.39, 0.29) is 0 Å². The zero-order valence-electron chi connectivity index (χ0n) is 15.9. The number of hydrogen-bond acceptors (Lipinski definition) is 3. The summed E-state index contributed by atoms with van der Waals surface area (Å²) in [6.07, 6.45) is 3.87. The maximum absolute atomic E-state index is 5.45. The second kappa shape index (κ2) is 8.89. The molecule has 0 fully saturated rings. The third-order valence-electron chi connectivity index (χ3n) is 4.23. The first-order valence-corrected chi connectivity index (χ1v) is 8.86. The van der Waals surface area contributed by atoms with E-state index >= 15 is 0 Å². The molecule has 2 aromatic carbocycles. The molecule has 0 unspecified atom stereocenters. The summed E-state index contributed by atoms with van der Waals surface area (Å²) >= 11 is 0. The predicted octanol–water partition coefficient (Wildman–Crippen LogP) is 3.05. The van der Waals surface area contributed by atoms with Crippen molar-refractivity contribution in [1.82, 2.24) is 20.4 Å². The van der Waals surface area contributed by atoms with Crippen LogP contribution in [0.2, 0.25) is 0 Å². The fourth-order valence-electron chi connectivity index (χ4n) is 2.76. The van der Waals surface area contributed by atoms with Crippen LogP contribution < -0.4 is 15.4 Å². The van der Waals surface area contributed by atoms with Crippen molar-refractivity contribution in [1.29, 1.82) is 0 Å². The fraction of sp³-hybridized carbons (Fsp3) is 0.238. The summed E-state index contributed by atoms with van der Waals surface area (Å²) in [5.41, 5.74) is 4.38. The Labute approximate surface area is 159 Å². The lowest BCUT2D eigenvalue weighted by molar-refractivity contribution is 0.408. The average molecular weight is 363 g/mol. The summed E-state index contributed by atoms with van der Waals surface area (Å²) in [4.78, 5) is 4.28. The van der Waals surface area contributed by atoms with E-state index in [1.54, 1.807) is 14.2 Å². The maximum atomic E-state index is 5.45. The number of nitrogens with zero attached hydrogens (tertiary/aromatic N) is 3. The molecule has 0 spiro atoms. The van der Waals surface area contributed by atoms with Crippen molar-refractivity contribution in [3.8, 4) is 11.4 Å². The van der Waals surface area contributed by atoms with Gasteiger partial charge in [-0.15, -0.1) is 0 Å². The highest BCUT2D eigenvalue weighted by molar-refractivity contribution is 5.79. The van der Waals surface area contributed by atoms with Crippen LogP contribution in [0.1, 0.15) is 16.7 Å². The molecule has 2 N–H and O–H groups in total. The van der Waals surface area contributed by atoms with Crippen LogP contribution in [0.5, 0.6) is 5.75 Å². The summed E-state index contributed by atoms with van der Waals surface area (Å²) in [5, 5.41) is 11.0. The van der Waals surface area contributed by atoms with Gasteiger partial charge in [0.15, 0.2) is 5.96 Å². The van der Waals surface area contributed by atoms with Crippen molar-refractivity contribution in [3.63, 3.8) is 0 Å². The van der Waals surface area contributed by atoms with Crippen molar-refractivity contribution in [2.24, 2.45) is 4.99 Å². The smallest absolute Gasteiger partial charge is 0.191 e. The molecule has 0 saturated heterocycles. The SMILES string of the molecule is CN=C(NCc1cnn(-c2ccccc2)c1)NCc1ccc(C)cc1OC. The fourth-order valence-corrected chi connectivity index (χ4v) is 2.76. The molecule has 1 heterocycles. The van der Waals surface area contributed by atoms with Gasteiger partial charge in [0.05, 0.1) is 19.0 Å². The molecule has 0 aliphatic heterocycles. The van der Waals surface area contributed by atoms with Gasteiger partial charge < -0.3 is 15.4 Å². The van der Waals surface area contributed by atoms with E-state index in [1.165, 1.54) is 5.56 Å². The summed E-state index contributed by atoms with van der Waals surface area (Å²) < 4.78 is 7.32. The normalized spacial score (nSPS) is 11.3. The number of nitrogens with one attached hydrogen (secondary N) is 2. The van der Waals surface area contributed by atoms with Crippen LogP contribution in [0.3, 0.4) is 0 Å².